The van der Waals surface area contributed by atoms with Crippen molar-refractivity contribution in [1.82, 2.24) is 20.2 Å². The Bertz CT molecular complexity index is 1070. The Morgan fingerprint density at radius 2 is 1.91 bits per heavy atom. The molecule has 7 nitrogen and oxygen atoms in total. The zero-order chi connectivity index (χ0) is 24.6. The van der Waals surface area contributed by atoms with Gasteiger partial charge in [-0.25, -0.2) is 9.78 Å². The third-order valence-corrected chi connectivity index (χ3v) is 8.84. The number of nitrogens with one attached hydrogen (secondary N) is 2. The molecular formula is C28H40N4O3. The van der Waals surface area contributed by atoms with Gasteiger partial charge in [0.25, 0.3) is 0 Å². The van der Waals surface area contributed by atoms with Gasteiger partial charge in [0, 0.05) is 6.54 Å². The van der Waals surface area contributed by atoms with Crippen LogP contribution >= 0.6 is 0 Å². The highest BCUT2D eigenvalue weighted by atomic mass is 16.5. The van der Waals surface area contributed by atoms with Crippen molar-refractivity contribution >= 4 is 23.0 Å². The van der Waals surface area contributed by atoms with Gasteiger partial charge in [0.15, 0.2) is 0 Å². The second kappa shape index (κ2) is 9.82. The summed E-state index contributed by atoms with van der Waals surface area (Å²) < 4.78 is 4.75. The number of hydrogen-bond acceptors (Lipinski definition) is 4. The Hall–Kier alpha value is -2.57. The maximum Gasteiger partial charge on any atom is 0.407 e. The van der Waals surface area contributed by atoms with E-state index < -0.39 is 12.1 Å². The third kappa shape index (κ3) is 4.78. The average molecular weight is 481 g/mol. The lowest BCUT2D eigenvalue weighted by molar-refractivity contribution is -0.135. The van der Waals surface area contributed by atoms with Crippen molar-refractivity contribution in [3.8, 4) is 0 Å². The van der Waals surface area contributed by atoms with Crippen molar-refractivity contribution in [3.63, 3.8) is 0 Å². The first kappa shape index (κ1) is 24.1. The minimum Gasteiger partial charge on any atom is -0.453 e. The van der Waals surface area contributed by atoms with E-state index in [1.165, 1.54) is 64.0 Å². The number of carbonyl (C=O) groups excluding carboxylic acids is 2. The normalized spacial score (nSPS) is 24.9. The lowest BCUT2D eigenvalue weighted by Gasteiger charge is -2.38. The molecule has 2 N–H and O–H groups in total. The van der Waals surface area contributed by atoms with Crippen LogP contribution in [-0.4, -0.2) is 46.6 Å². The highest BCUT2D eigenvalue weighted by Gasteiger charge is 2.39. The smallest absolute Gasteiger partial charge is 0.407 e. The SMILES string of the molecule is COC(=O)N[C@H](C(=O)N1CCC[C@H]1c1nc2ccc(C3CCCC4(CCCC4)C3)cc2[nH]1)C(C)C. The highest BCUT2D eigenvalue weighted by Crippen LogP contribution is 2.53. The van der Waals surface area contributed by atoms with Crippen molar-refractivity contribution in [1.29, 1.82) is 0 Å². The molecule has 1 unspecified atom stereocenters. The molecule has 5 rings (SSSR count). The van der Waals surface area contributed by atoms with E-state index in [9.17, 15) is 9.59 Å². The van der Waals surface area contributed by atoms with Gasteiger partial charge >= 0.3 is 6.09 Å². The summed E-state index contributed by atoms with van der Waals surface area (Å²) >= 11 is 0. The van der Waals surface area contributed by atoms with Gasteiger partial charge in [0.1, 0.15) is 11.9 Å². The fourth-order valence-electron chi connectivity index (χ4n) is 6.97. The minimum absolute atomic E-state index is 0.0419. The standard InChI is InChI=1S/C28H40N4O3/c1-18(2)24(31-27(34)35-3)26(33)32-15-7-9-23(32)25-29-21-11-10-19(16-22(21)30-25)20-8-6-14-28(17-20)12-4-5-13-28/h10-11,16,18,20,23-24H,4-9,12-15,17H2,1-3H3,(H,29,30)(H,31,34)/t20?,23-,24-/m0/s1. The van der Waals surface area contributed by atoms with Gasteiger partial charge in [-0.3, -0.25) is 4.79 Å². The van der Waals surface area contributed by atoms with Crippen LogP contribution in [0.4, 0.5) is 4.79 Å². The quantitative estimate of drug-likeness (QED) is 0.564. The predicted octanol–water partition coefficient (Wildman–Crippen LogP) is 5.83. The van der Waals surface area contributed by atoms with Gasteiger partial charge in [0.2, 0.25) is 5.91 Å². The summed E-state index contributed by atoms with van der Waals surface area (Å²) in [6, 6.07) is 6.01. The van der Waals surface area contributed by atoms with Gasteiger partial charge in [-0.05, 0) is 79.9 Å². The number of likely N-dealkylation sites (tertiary alicyclic amines) is 1. The number of aromatic nitrogens is 2. The van der Waals surface area contributed by atoms with Crippen LogP contribution in [0.1, 0.15) is 101 Å². The number of carbonyl (C=O) groups is 2. The molecule has 2 aliphatic carbocycles. The Kier molecular flexibility index (Phi) is 6.78. The van der Waals surface area contributed by atoms with Crippen LogP contribution in [0.15, 0.2) is 18.2 Å². The topological polar surface area (TPSA) is 87.3 Å². The van der Waals surface area contributed by atoms with E-state index in [-0.39, 0.29) is 17.9 Å². The Labute approximate surface area is 208 Å². The minimum atomic E-state index is -0.617. The van der Waals surface area contributed by atoms with E-state index in [1.54, 1.807) is 0 Å². The summed E-state index contributed by atoms with van der Waals surface area (Å²) in [6.07, 6.45) is 12.2. The number of amides is 2. The first-order valence-corrected chi connectivity index (χ1v) is 13.5. The molecule has 1 spiro atoms. The zero-order valence-electron chi connectivity index (χ0n) is 21.4. The summed E-state index contributed by atoms with van der Waals surface area (Å²) in [5.41, 5.74) is 4.05. The van der Waals surface area contributed by atoms with Crippen LogP contribution in [0.5, 0.6) is 0 Å². The number of fused-ring (bicyclic) bond motifs is 1. The summed E-state index contributed by atoms with van der Waals surface area (Å²) in [7, 11) is 1.32. The molecule has 3 aliphatic rings. The van der Waals surface area contributed by atoms with Crippen LogP contribution in [0.2, 0.25) is 0 Å². The van der Waals surface area contributed by atoms with Crippen LogP contribution in [-0.2, 0) is 9.53 Å². The number of H-pyrrole nitrogens is 1. The predicted molar refractivity (Wildman–Crippen MR) is 136 cm³/mol. The molecule has 3 fully saturated rings. The molecule has 0 radical (unpaired) electrons. The van der Waals surface area contributed by atoms with Gasteiger partial charge in [-0.2, -0.15) is 0 Å². The van der Waals surface area contributed by atoms with E-state index >= 15 is 0 Å². The number of hydrogen-bond donors (Lipinski definition) is 2. The largest absolute Gasteiger partial charge is 0.453 e. The first-order chi connectivity index (χ1) is 16.9. The number of methoxy groups -OCH3 is 1. The molecule has 2 heterocycles. The molecule has 0 bridgehead atoms. The number of nitrogens with zero attached hydrogens (tertiary/aromatic N) is 2. The van der Waals surface area contributed by atoms with E-state index in [0.717, 1.165) is 29.7 Å². The van der Waals surface area contributed by atoms with E-state index in [0.29, 0.717) is 17.9 Å². The summed E-state index contributed by atoms with van der Waals surface area (Å²) in [6.45, 7) is 4.54. The van der Waals surface area contributed by atoms with Gasteiger partial charge in [-0.1, -0.05) is 39.2 Å². The Balaban J connectivity index is 1.35. The number of aromatic amines is 1. The molecule has 35 heavy (non-hydrogen) atoms. The maximum atomic E-state index is 13.4. The van der Waals surface area contributed by atoms with Crippen molar-refractivity contribution in [2.45, 2.75) is 96.1 Å². The molecule has 7 heteroatoms. The summed E-state index contributed by atoms with van der Waals surface area (Å²) in [5, 5.41) is 2.72. The van der Waals surface area contributed by atoms with Crippen LogP contribution in [0, 0.1) is 11.3 Å². The fraction of sp³-hybridized carbons (Fsp3) is 0.679. The summed E-state index contributed by atoms with van der Waals surface area (Å²) in [5.74, 6) is 1.37. The number of imidazole rings is 1. The molecule has 2 saturated carbocycles. The second-order valence-corrected chi connectivity index (χ2v) is 11.4. The van der Waals surface area contributed by atoms with E-state index in [1.807, 2.05) is 18.7 Å². The molecule has 1 aromatic heterocycles. The van der Waals surface area contributed by atoms with E-state index in [4.69, 9.17) is 9.72 Å². The Morgan fingerprint density at radius 3 is 2.66 bits per heavy atom. The monoisotopic (exact) mass is 480 g/mol. The molecule has 1 saturated heterocycles. The number of rotatable bonds is 5. The second-order valence-electron chi connectivity index (χ2n) is 11.4. The average Bonchev–Trinajstić information content (AvgIpc) is 3.60. The molecule has 2 amide bonds. The lowest BCUT2D eigenvalue weighted by atomic mass is 9.67. The van der Waals surface area contributed by atoms with Crippen LogP contribution in [0.25, 0.3) is 11.0 Å². The van der Waals surface area contributed by atoms with Gasteiger partial charge in [0.05, 0.1) is 24.2 Å². The molecule has 2 aromatic rings. The van der Waals surface area contributed by atoms with Crippen molar-refractivity contribution < 1.29 is 14.3 Å². The third-order valence-electron chi connectivity index (χ3n) is 8.84. The number of benzene rings is 1. The van der Waals surface area contributed by atoms with Crippen LogP contribution in [0.3, 0.4) is 0 Å². The van der Waals surface area contributed by atoms with Crippen molar-refractivity contribution in [2.24, 2.45) is 11.3 Å². The molecule has 190 valence electrons. The lowest BCUT2D eigenvalue weighted by Crippen LogP contribution is -2.51. The fourth-order valence-corrected chi connectivity index (χ4v) is 6.97. The Morgan fingerprint density at radius 1 is 1.14 bits per heavy atom. The maximum absolute atomic E-state index is 13.4. The number of ether oxygens (including phenoxy) is 1. The first-order valence-electron chi connectivity index (χ1n) is 13.5. The molecule has 1 aromatic carbocycles. The molecular weight excluding hydrogens is 440 g/mol. The summed E-state index contributed by atoms with van der Waals surface area (Å²) in [4.78, 5) is 35.6. The molecule has 3 atom stereocenters. The number of alkyl carbamates (subject to hydrolysis) is 1. The van der Waals surface area contributed by atoms with Gasteiger partial charge < -0.3 is 19.9 Å². The van der Waals surface area contributed by atoms with Crippen LogP contribution < -0.4 is 5.32 Å². The van der Waals surface area contributed by atoms with E-state index in [2.05, 4.69) is 28.5 Å². The highest BCUT2D eigenvalue weighted by molar-refractivity contribution is 5.86. The van der Waals surface area contributed by atoms with Crippen molar-refractivity contribution in [2.75, 3.05) is 13.7 Å². The molecule has 1 aliphatic heterocycles. The van der Waals surface area contributed by atoms with Gasteiger partial charge in [-0.15, -0.1) is 0 Å². The van der Waals surface area contributed by atoms with Crippen molar-refractivity contribution in [3.05, 3.63) is 29.6 Å². The zero-order valence-corrected chi connectivity index (χ0v) is 21.4.